The Morgan fingerprint density at radius 3 is 2.68 bits per heavy atom. The largest absolute Gasteiger partial charge is 0.397 e. The number of hydrogen-bond donors (Lipinski definition) is 2. The second kappa shape index (κ2) is 6.80. The van der Waals surface area contributed by atoms with Crippen LogP contribution >= 0.6 is 11.8 Å². The summed E-state index contributed by atoms with van der Waals surface area (Å²) in [6.45, 7) is 0. The maximum absolute atomic E-state index is 11.7. The van der Waals surface area contributed by atoms with Crippen LogP contribution in [0.4, 0.5) is 11.4 Å². The normalized spacial score (nSPS) is 10.1. The van der Waals surface area contributed by atoms with Gasteiger partial charge in [0.05, 0.1) is 16.9 Å². The molecule has 0 bridgehead atoms. The number of anilines is 2. The van der Waals surface area contributed by atoms with Gasteiger partial charge in [-0.25, -0.2) is 4.98 Å². The molecule has 0 aliphatic carbocycles. The van der Waals surface area contributed by atoms with Crippen molar-refractivity contribution in [2.75, 3.05) is 16.8 Å². The Balaban J connectivity index is 1.74. The molecule has 0 saturated carbocycles. The fourth-order valence-corrected chi connectivity index (χ4v) is 2.26. The zero-order valence-corrected chi connectivity index (χ0v) is 11.2. The number of hydrogen-bond acceptors (Lipinski definition) is 4. The number of thioether (sulfide) groups is 1. The Hall–Kier alpha value is -2.01. The minimum atomic E-state index is 0.00847. The average Bonchev–Trinajstić information content (AvgIpc) is 2.42. The molecule has 5 heteroatoms. The summed E-state index contributed by atoms with van der Waals surface area (Å²) in [7, 11) is 0. The van der Waals surface area contributed by atoms with Gasteiger partial charge in [-0.1, -0.05) is 18.2 Å². The summed E-state index contributed by atoms with van der Waals surface area (Å²) in [4.78, 5) is 15.9. The van der Waals surface area contributed by atoms with Crippen LogP contribution in [0.25, 0.3) is 0 Å². The van der Waals surface area contributed by atoms with Gasteiger partial charge >= 0.3 is 0 Å². The maximum Gasteiger partial charge on any atom is 0.225 e. The molecule has 1 aromatic heterocycles. The lowest BCUT2D eigenvalue weighted by Gasteiger charge is -2.04. The van der Waals surface area contributed by atoms with E-state index in [0.29, 0.717) is 17.9 Å². The Morgan fingerprint density at radius 1 is 1.21 bits per heavy atom. The second-order valence-electron chi connectivity index (χ2n) is 3.94. The molecule has 0 aliphatic heterocycles. The Kier molecular flexibility index (Phi) is 4.80. The van der Waals surface area contributed by atoms with E-state index in [1.807, 2.05) is 36.4 Å². The van der Waals surface area contributed by atoms with Gasteiger partial charge < -0.3 is 11.1 Å². The third kappa shape index (κ3) is 4.63. The summed E-state index contributed by atoms with van der Waals surface area (Å²) in [5.41, 5.74) is 7.02. The van der Waals surface area contributed by atoms with E-state index in [9.17, 15) is 4.79 Å². The number of pyridine rings is 1. The first-order valence-electron chi connectivity index (χ1n) is 5.93. The molecule has 2 rings (SSSR count). The van der Waals surface area contributed by atoms with E-state index in [1.165, 1.54) is 0 Å². The molecule has 0 atom stereocenters. The molecule has 0 saturated heterocycles. The first-order valence-corrected chi connectivity index (χ1v) is 6.92. The number of carbonyl (C=O) groups excluding carboxylic acids is 1. The van der Waals surface area contributed by atoms with Crippen LogP contribution in [0.5, 0.6) is 0 Å². The average molecular weight is 273 g/mol. The van der Waals surface area contributed by atoms with Gasteiger partial charge in [-0.2, -0.15) is 0 Å². The van der Waals surface area contributed by atoms with Crippen LogP contribution in [0.15, 0.2) is 53.7 Å². The van der Waals surface area contributed by atoms with Gasteiger partial charge in [-0.15, -0.1) is 11.8 Å². The van der Waals surface area contributed by atoms with E-state index in [4.69, 9.17) is 5.73 Å². The quantitative estimate of drug-likeness (QED) is 0.822. The predicted molar refractivity (Wildman–Crippen MR) is 79.1 cm³/mol. The molecule has 0 fully saturated rings. The summed E-state index contributed by atoms with van der Waals surface area (Å²) < 4.78 is 0. The third-order valence-electron chi connectivity index (χ3n) is 2.40. The van der Waals surface area contributed by atoms with Crippen LogP contribution in [0.3, 0.4) is 0 Å². The van der Waals surface area contributed by atoms with Gasteiger partial charge in [-0.3, -0.25) is 4.79 Å². The Bertz CT molecular complexity index is 528. The summed E-state index contributed by atoms with van der Waals surface area (Å²) in [5.74, 6) is 0.699. The van der Waals surface area contributed by atoms with Gasteiger partial charge in [0.2, 0.25) is 5.91 Å². The van der Waals surface area contributed by atoms with Crippen LogP contribution in [-0.4, -0.2) is 16.6 Å². The van der Waals surface area contributed by atoms with Gasteiger partial charge in [0.15, 0.2) is 0 Å². The molecule has 1 amide bonds. The van der Waals surface area contributed by atoms with Crippen LogP contribution in [0, 0.1) is 0 Å². The van der Waals surface area contributed by atoms with Gasteiger partial charge in [0.1, 0.15) is 0 Å². The predicted octanol–water partition coefficient (Wildman–Crippen LogP) is 2.78. The lowest BCUT2D eigenvalue weighted by Crippen LogP contribution is -2.11. The number of amides is 1. The first-order chi connectivity index (χ1) is 9.24. The van der Waals surface area contributed by atoms with Crippen molar-refractivity contribution in [2.24, 2.45) is 0 Å². The molecule has 98 valence electrons. The molecule has 2 aromatic rings. The zero-order valence-electron chi connectivity index (χ0n) is 10.4. The second-order valence-corrected chi connectivity index (χ2v) is 5.06. The number of nitrogens with one attached hydrogen (secondary N) is 1. The van der Waals surface area contributed by atoms with Crippen molar-refractivity contribution in [3.05, 3.63) is 48.7 Å². The van der Waals surface area contributed by atoms with Crippen molar-refractivity contribution in [3.63, 3.8) is 0 Å². The molecule has 4 nitrogen and oxygen atoms in total. The highest BCUT2D eigenvalue weighted by Gasteiger charge is 2.03. The van der Waals surface area contributed by atoms with Crippen LogP contribution < -0.4 is 11.1 Å². The molecule has 0 radical (unpaired) electrons. The maximum atomic E-state index is 11.7. The minimum absolute atomic E-state index is 0.00847. The smallest absolute Gasteiger partial charge is 0.225 e. The standard InChI is InChI=1S/C14H15N3OS/c15-11-6-7-14(16-10-11)19-9-8-13(18)17-12-4-2-1-3-5-12/h1-7,10H,8-9,15H2,(H,17,18). The summed E-state index contributed by atoms with van der Waals surface area (Å²) in [6.07, 6.45) is 2.07. The Labute approximate surface area is 116 Å². The number of benzene rings is 1. The number of nitrogens with two attached hydrogens (primary N) is 1. The molecule has 0 unspecified atom stereocenters. The third-order valence-corrected chi connectivity index (χ3v) is 3.34. The highest BCUT2D eigenvalue weighted by molar-refractivity contribution is 7.99. The van der Waals surface area contributed by atoms with Gasteiger partial charge in [0.25, 0.3) is 0 Å². The molecule has 19 heavy (non-hydrogen) atoms. The summed E-state index contributed by atoms with van der Waals surface area (Å²) >= 11 is 1.54. The lowest BCUT2D eigenvalue weighted by atomic mass is 10.3. The highest BCUT2D eigenvalue weighted by atomic mass is 32.2. The van der Waals surface area contributed by atoms with E-state index >= 15 is 0 Å². The molecule has 1 aromatic carbocycles. The van der Waals surface area contributed by atoms with Gasteiger partial charge in [0, 0.05) is 17.9 Å². The fraction of sp³-hybridized carbons (Fsp3) is 0.143. The number of nitrogens with zero attached hydrogens (tertiary/aromatic N) is 1. The van der Waals surface area contributed by atoms with Crippen molar-refractivity contribution in [2.45, 2.75) is 11.4 Å². The highest BCUT2D eigenvalue weighted by Crippen LogP contribution is 2.17. The van der Waals surface area contributed by atoms with E-state index in [1.54, 1.807) is 24.0 Å². The molecule has 0 spiro atoms. The van der Waals surface area contributed by atoms with Crippen LogP contribution in [0.2, 0.25) is 0 Å². The van der Waals surface area contributed by atoms with Crippen molar-refractivity contribution in [3.8, 4) is 0 Å². The molecule has 0 aliphatic rings. The van der Waals surface area contributed by atoms with Crippen LogP contribution in [0.1, 0.15) is 6.42 Å². The minimum Gasteiger partial charge on any atom is -0.397 e. The summed E-state index contributed by atoms with van der Waals surface area (Å²) in [6, 6.07) is 13.1. The topological polar surface area (TPSA) is 68.0 Å². The van der Waals surface area contributed by atoms with Gasteiger partial charge in [-0.05, 0) is 24.3 Å². The lowest BCUT2D eigenvalue weighted by molar-refractivity contribution is -0.115. The summed E-state index contributed by atoms with van der Waals surface area (Å²) in [5, 5.41) is 3.72. The van der Waals surface area contributed by atoms with E-state index < -0.39 is 0 Å². The number of nitrogen functional groups attached to an aromatic ring is 1. The molecular weight excluding hydrogens is 258 g/mol. The molecular formula is C14H15N3OS. The number of rotatable bonds is 5. The van der Waals surface area contributed by atoms with Crippen molar-refractivity contribution in [1.82, 2.24) is 4.98 Å². The monoisotopic (exact) mass is 273 g/mol. The number of aromatic nitrogens is 1. The zero-order chi connectivity index (χ0) is 13.5. The van der Waals surface area contributed by atoms with E-state index in [0.717, 1.165) is 10.7 Å². The van der Waals surface area contributed by atoms with E-state index in [2.05, 4.69) is 10.3 Å². The number of carbonyl (C=O) groups is 1. The van der Waals surface area contributed by atoms with Crippen molar-refractivity contribution < 1.29 is 4.79 Å². The van der Waals surface area contributed by atoms with Crippen LogP contribution in [-0.2, 0) is 4.79 Å². The SMILES string of the molecule is Nc1ccc(SCCC(=O)Nc2ccccc2)nc1. The van der Waals surface area contributed by atoms with E-state index in [-0.39, 0.29) is 5.91 Å². The number of para-hydroxylation sites is 1. The fourth-order valence-electron chi connectivity index (χ4n) is 1.47. The molecule has 1 heterocycles. The van der Waals surface area contributed by atoms with Crippen molar-refractivity contribution >= 4 is 29.0 Å². The Morgan fingerprint density at radius 2 is 2.00 bits per heavy atom. The van der Waals surface area contributed by atoms with Crippen molar-refractivity contribution in [1.29, 1.82) is 0 Å². The molecule has 3 N–H and O–H groups in total. The first kappa shape index (κ1) is 13.4.